The third kappa shape index (κ3) is 4.77. The van der Waals surface area contributed by atoms with Gasteiger partial charge in [0, 0.05) is 17.7 Å². The van der Waals surface area contributed by atoms with Crippen molar-refractivity contribution in [1.29, 1.82) is 0 Å². The molecule has 2 aliphatic heterocycles. The van der Waals surface area contributed by atoms with Crippen molar-refractivity contribution >= 4 is 17.4 Å². The summed E-state index contributed by atoms with van der Waals surface area (Å²) in [5.74, 6) is 0.335. The maximum absolute atomic E-state index is 13.3. The predicted octanol–water partition coefficient (Wildman–Crippen LogP) is 2.85. The zero-order valence-corrected chi connectivity index (χ0v) is 20.4. The summed E-state index contributed by atoms with van der Waals surface area (Å²) >= 11 is 0. The van der Waals surface area contributed by atoms with Gasteiger partial charge >= 0.3 is 0 Å². The highest BCUT2D eigenvalue weighted by Gasteiger charge is 2.47. The van der Waals surface area contributed by atoms with Crippen LogP contribution in [0.5, 0.6) is 23.0 Å². The maximum Gasteiger partial charge on any atom is 0.295 e. The second-order valence-electron chi connectivity index (χ2n) is 8.62. The lowest BCUT2D eigenvalue weighted by atomic mass is 9.94. The van der Waals surface area contributed by atoms with Gasteiger partial charge in [-0.1, -0.05) is 0 Å². The standard InChI is InChI=1S/C26H30N2O7/c1-27(2)10-5-11-28-23(18-15-17(32-3)7-9-19(18)33-4)22(25(30)26(28)31)24(29)16-6-8-20-21(14-16)35-13-12-34-20/h6-9,14-15,23,29H,5,10-13H2,1-4H3/t23-/m0/s1. The number of Topliss-reactive ketones (excluding diaryl/α,β-unsaturated/α-hetero) is 1. The van der Waals surface area contributed by atoms with Crippen LogP contribution < -0.4 is 18.9 Å². The fourth-order valence-electron chi connectivity index (χ4n) is 4.39. The Morgan fingerprint density at radius 1 is 1.06 bits per heavy atom. The predicted molar refractivity (Wildman–Crippen MR) is 129 cm³/mol. The minimum atomic E-state index is -0.851. The number of ether oxygens (including phenoxy) is 4. The number of aliphatic hydroxyl groups is 1. The average molecular weight is 483 g/mol. The van der Waals surface area contributed by atoms with E-state index in [1.807, 2.05) is 19.0 Å². The van der Waals surface area contributed by atoms with Gasteiger partial charge in [-0.15, -0.1) is 0 Å². The Morgan fingerprint density at radius 3 is 2.49 bits per heavy atom. The zero-order chi connectivity index (χ0) is 25.1. The molecular weight excluding hydrogens is 452 g/mol. The molecule has 2 heterocycles. The summed E-state index contributed by atoms with van der Waals surface area (Å²) in [5, 5.41) is 11.4. The fourth-order valence-corrected chi connectivity index (χ4v) is 4.39. The number of carbonyl (C=O) groups is 2. The second-order valence-corrected chi connectivity index (χ2v) is 8.62. The number of fused-ring (bicyclic) bond motifs is 1. The quantitative estimate of drug-likeness (QED) is 0.349. The molecule has 0 aliphatic carbocycles. The Labute approximate surface area is 204 Å². The number of methoxy groups -OCH3 is 2. The lowest BCUT2D eigenvalue weighted by Gasteiger charge is -2.27. The molecule has 0 spiro atoms. The molecule has 0 radical (unpaired) electrons. The van der Waals surface area contributed by atoms with Crippen LogP contribution >= 0.6 is 0 Å². The molecule has 1 fully saturated rings. The summed E-state index contributed by atoms with van der Waals surface area (Å²) < 4.78 is 22.2. The summed E-state index contributed by atoms with van der Waals surface area (Å²) in [4.78, 5) is 30.0. The molecule has 9 nitrogen and oxygen atoms in total. The van der Waals surface area contributed by atoms with Crippen LogP contribution in [0.25, 0.3) is 5.76 Å². The molecule has 0 saturated carbocycles. The third-order valence-electron chi connectivity index (χ3n) is 6.09. The number of benzene rings is 2. The number of hydrogen-bond donors (Lipinski definition) is 1. The summed E-state index contributed by atoms with van der Waals surface area (Å²) in [6.45, 7) is 1.87. The van der Waals surface area contributed by atoms with Crippen molar-refractivity contribution in [2.75, 3.05) is 54.6 Å². The Bertz CT molecular complexity index is 1160. The van der Waals surface area contributed by atoms with Crippen molar-refractivity contribution in [2.45, 2.75) is 12.5 Å². The van der Waals surface area contributed by atoms with Gasteiger partial charge in [-0.25, -0.2) is 0 Å². The summed E-state index contributed by atoms with van der Waals surface area (Å²) in [6.07, 6.45) is 0.646. The van der Waals surface area contributed by atoms with Crippen molar-refractivity contribution in [2.24, 2.45) is 0 Å². The van der Waals surface area contributed by atoms with E-state index in [-0.39, 0.29) is 11.3 Å². The number of aliphatic hydroxyl groups excluding tert-OH is 1. The summed E-state index contributed by atoms with van der Waals surface area (Å²) in [6, 6.07) is 9.27. The lowest BCUT2D eigenvalue weighted by molar-refractivity contribution is -0.140. The van der Waals surface area contributed by atoms with Gasteiger partial charge in [-0.05, 0) is 63.5 Å². The van der Waals surface area contributed by atoms with Crippen LogP contribution in [0.1, 0.15) is 23.6 Å². The van der Waals surface area contributed by atoms with E-state index >= 15 is 0 Å². The van der Waals surface area contributed by atoms with Gasteiger partial charge in [0.2, 0.25) is 0 Å². The van der Waals surface area contributed by atoms with E-state index in [0.29, 0.717) is 60.3 Å². The van der Waals surface area contributed by atoms with Crippen LogP contribution in [-0.2, 0) is 9.59 Å². The first-order valence-corrected chi connectivity index (χ1v) is 11.4. The van der Waals surface area contributed by atoms with Crippen molar-refractivity contribution < 1.29 is 33.6 Å². The maximum atomic E-state index is 13.3. The molecular formula is C26H30N2O7. The number of ketones is 1. The fraction of sp³-hybridized carbons (Fsp3) is 0.385. The van der Waals surface area contributed by atoms with E-state index in [9.17, 15) is 14.7 Å². The van der Waals surface area contributed by atoms with Crippen LogP contribution in [0.4, 0.5) is 0 Å². The first-order valence-electron chi connectivity index (χ1n) is 11.4. The first kappa shape index (κ1) is 24.4. The van der Waals surface area contributed by atoms with Gasteiger partial charge in [0.1, 0.15) is 30.5 Å². The summed E-state index contributed by atoms with van der Waals surface area (Å²) in [7, 11) is 6.94. The molecule has 1 atom stereocenters. The number of likely N-dealkylation sites (tertiary alicyclic amines) is 1. The molecule has 2 aliphatic rings. The van der Waals surface area contributed by atoms with Crippen molar-refractivity contribution in [3.8, 4) is 23.0 Å². The second kappa shape index (κ2) is 10.3. The highest BCUT2D eigenvalue weighted by molar-refractivity contribution is 6.46. The largest absolute Gasteiger partial charge is 0.507 e. The van der Waals surface area contributed by atoms with Crippen LogP contribution in [0.15, 0.2) is 42.0 Å². The Morgan fingerprint density at radius 2 is 1.80 bits per heavy atom. The zero-order valence-electron chi connectivity index (χ0n) is 20.4. The summed E-state index contributed by atoms with van der Waals surface area (Å²) in [5.41, 5.74) is 0.894. The Hall–Kier alpha value is -3.72. The highest BCUT2D eigenvalue weighted by Crippen LogP contribution is 2.44. The van der Waals surface area contributed by atoms with Crippen molar-refractivity contribution in [3.63, 3.8) is 0 Å². The van der Waals surface area contributed by atoms with Crippen molar-refractivity contribution in [3.05, 3.63) is 53.1 Å². The van der Waals surface area contributed by atoms with Gasteiger partial charge in [-0.2, -0.15) is 0 Å². The van der Waals surface area contributed by atoms with Gasteiger partial charge in [-0.3, -0.25) is 9.59 Å². The minimum absolute atomic E-state index is 0.0110. The smallest absolute Gasteiger partial charge is 0.295 e. The van der Waals surface area contributed by atoms with Crippen LogP contribution in [0, 0.1) is 0 Å². The number of rotatable bonds is 8. The highest BCUT2D eigenvalue weighted by atomic mass is 16.6. The van der Waals surface area contributed by atoms with E-state index in [1.165, 1.54) is 19.1 Å². The number of carbonyl (C=O) groups excluding carboxylic acids is 2. The monoisotopic (exact) mass is 482 g/mol. The van der Waals surface area contributed by atoms with Gasteiger partial charge in [0.15, 0.2) is 11.5 Å². The first-order chi connectivity index (χ1) is 16.8. The molecule has 1 N–H and O–H groups in total. The Balaban J connectivity index is 1.85. The molecule has 0 unspecified atom stereocenters. The van der Waals surface area contributed by atoms with E-state index < -0.39 is 17.7 Å². The third-order valence-corrected chi connectivity index (χ3v) is 6.09. The number of amides is 1. The SMILES string of the molecule is COc1ccc(OC)c([C@H]2C(=C(O)c3ccc4c(c3)OCCO4)C(=O)C(=O)N2CCCN(C)C)c1. The lowest BCUT2D eigenvalue weighted by Crippen LogP contribution is -2.32. The molecule has 1 saturated heterocycles. The molecule has 4 rings (SSSR count). The molecule has 186 valence electrons. The minimum Gasteiger partial charge on any atom is -0.507 e. The molecule has 0 aromatic heterocycles. The van der Waals surface area contributed by atoms with E-state index in [0.717, 1.165) is 6.54 Å². The molecule has 35 heavy (non-hydrogen) atoms. The molecule has 1 amide bonds. The Kier molecular flexibility index (Phi) is 7.16. The van der Waals surface area contributed by atoms with Crippen molar-refractivity contribution in [1.82, 2.24) is 9.80 Å². The topological polar surface area (TPSA) is 97.8 Å². The average Bonchev–Trinajstić information content (AvgIpc) is 3.12. The molecule has 0 bridgehead atoms. The normalized spacial score (nSPS) is 18.8. The van der Waals surface area contributed by atoms with Crippen LogP contribution in [0.2, 0.25) is 0 Å². The van der Waals surface area contributed by atoms with Gasteiger partial charge in [0.05, 0.1) is 25.8 Å². The van der Waals surface area contributed by atoms with Gasteiger partial charge in [0.25, 0.3) is 11.7 Å². The van der Waals surface area contributed by atoms with Crippen LogP contribution in [-0.4, -0.2) is 81.2 Å². The number of hydrogen-bond acceptors (Lipinski definition) is 8. The van der Waals surface area contributed by atoms with Crippen LogP contribution in [0.3, 0.4) is 0 Å². The molecule has 2 aromatic carbocycles. The van der Waals surface area contributed by atoms with E-state index in [2.05, 4.69) is 0 Å². The molecule has 2 aromatic rings. The number of nitrogens with zero attached hydrogens (tertiary/aromatic N) is 2. The van der Waals surface area contributed by atoms with E-state index in [4.69, 9.17) is 18.9 Å². The van der Waals surface area contributed by atoms with Gasteiger partial charge < -0.3 is 33.9 Å². The molecule has 9 heteroatoms. The van der Waals surface area contributed by atoms with E-state index in [1.54, 1.807) is 36.4 Å².